The molecule has 132 valence electrons. The van der Waals surface area contributed by atoms with Crippen molar-refractivity contribution in [3.63, 3.8) is 0 Å². The highest BCUT2D eigenvalue weighted by Crippen LogP contribution is 2.25. The third-order valence-electron chi connectivity index (χ3n) is 3.17. The van der Waals surface area contributed by atoms with Gasteiger partial charge < -0.3 is 20.5 Å². The number of benzene rings is 1. The van der Waals surface area contributed by atoms with Gasteiger partial charge in [-0.1, -0.05) is 0 Å². The van der Waals surface area contributed by atoms with Crippen LogP contribution in [0.3, 0.4) is 0 Å². The molecule has 0 unspecified atom stereocenters. The van der Waals surface area contributed by atoms with Crippen molar-refractivity contribution in [1.82, 2.24) is 4.98 Å². The molecule has 0 aliphatic rings. The van der Waals surface area contributed by atoms with Gasteiger partial charge in [-0.25, -0.2) is 9.78 Å². The van der Waals surface area contributed by atoms with Gasteiger partial charge in [-0.2, -0.15) is 0 Å². The molecule has 7 nitrogen and oxygen atoms in total. The molecule has 0 radical (unpaired) electrons. The van der Waals surface area contributed by atoms with Crippen LogP contribution in [0.5, 0.6) is 5.75 Å². The van der Waals surface area contributed by atoms with Crippen LogP contribution in [0.2, 0.25) is 0 Å². The Hall–Kier alpha value is -3.09. The van der Waals surface area contributed by atoms with Crippen molar-refractivity contribution < 1.29 is 19.1 Å². The molecule has 0 bridgehead atoms. The molecule has 7 heteroatoms. The summed E-state index contributed by atoms with van der Waals surface area (Å²) < 4.78 is 10.4. The molecule has 0 aliphatic carbocycles. The lowest BCUT2D eigenvalue weighted by Gasteiger charge is -2.20. The fourth-order valence-electron chi connectivity index (χ4n) is 2.02. The Balaban J connectivity index is 2.29. The third kappa shape index (κ3) is 4.69. The van der Waals surface area contributed by atoms with Crippen molar-refractivity contribution in [3.8, 4) is 5.75 Å². The Kier molecular flexibility index (Phi) is 5.26. The molecule has 2 rings (SSSR count). The molecule has 0 fully saturated rings. The van der Waals surface area contributed by atoms with Crippen LogP contribution in [0.25, 0.3) is 0 Å². The van der Waals surface area contributed by atoms with Crippen LogP contribution in [-0.4, -0.2) is 29.6 Å². The van der Waals surface area contributed by atoms with Crippen molar-refractivity contribution in [2.75, 3.05) is 18.2 Å². The molecule has 25 heavy (non-hydrogen) atoms. The fraction of sp³-hybridized carbons (Fsp3) is 0.278. The minimum Gasteiger partial charge on any atom is -0.497 e. The van der Waals surface area contributed by atoms with E-state index in [1.807, 2.05) is 0 Å². The highest BCUT2D eigenvalue weighted by molar-refractivity contribution is 6.09. The molecule has 0 saturated carbocycles. The largest absolute Gasteiger partial charge is 0.497 e. The molecule has 1 heterocycles. The van der Waals surface area contributed by atoms with Crippen LogP contribution in [-0.2, 0) is 4.74 Å². The number of aromatic nitrogens is 1. The number of nitrogens with two attached hydrogens (primary N) is 1. The van der Waals surface area contributed by atoms with Crippen LogP contribution in [0.4, 0.5) is 11.4 Å². The molecule has 0 aliphatic heterocycles. The van der Waals surface area contributed by atoms with E-state index in [9.17, 15) is 9.59 Å². The second-order valence-electron chi connectivity index (χ2n) is 6.31. The molecular formula is C18H21N3O4. The summed E-state index contributed by atoms with van der Waals surface area (Å²) in [6.45, 7) is 5.23. The molecule has 2 aromatic rings. The van der Waals surface area contributed by atoms with Crippen LogP contribution in [0.1, 0.15) is 41.6 Å². The maximum Gasteiger partial charge on any atom is 0.359 e. The van der Waals surface area contributed by atoms with Crippen molar-refractivity contribution >= 4 is 23.3 Å². The van der Waals surface area contributed by atoms with Crippen LogP contribution in [0.15, 0.2) is 36.5 Å². The third-order valence-corrected chi connectivity index (χ3v) is 3.17. The summed E-state index contributed by atoms with van der Waals surface area (Å²) in [7, 11) is 1.54. The fourth-order valence-corrected chi connectivity index (χ4v) is 2.02. The zero-order valence-electron chi connectivity index (χ0n) is 14.6. The lowest BCUT2D eigenvalue weighted by Crippen LogP contribution is -2.26. The number of nitrogens with one attached hydrogen (secondary N) is 1. The zero-order chi connectivity index (χ0) is 18.6. The number of carbonyl (C=O) groups is 2. The van der Waals surface area contributed by atoms with Gasteiger partial charge in [-0.15, -0.1) is 0 Å². The number of hydrogen-bond donors (Lipinski definition) is 2. The summed E-state index contributed by atoms with van der Waals surface area (Å²) in [4.78, 5) is 28.8. The van der Waals surface area contributed by atoms with E-state index in [0.29, 0.717) is 11.3 Å². The first-order valence-corrected chi connectivity index (χ1v) is 7.64. The topological polar surface area (TPSA) is 104 Å². The van der Waals surface area contributed by atoms with E-state index in [2.05, 4.69) is 10.3 Å². The van der Waals surface area contributed by atoms with Gasteiger partial charge in [-0.3, -0.25) is 4.79 Å². The summed E-state index contributed by atoms with van der Waals surface area (Å²) in [5, 5.41) is 2.63. The number of methoxy groups -OCH3 is 1. The van der Waals surface area contributed by atoms with E-state index in [1.165, 1.54) is 12.3 Å². The number of hydrogen-bond acceptors (Lipinski definition) is 6. The average Bonchev–Trinajstić information content (AvgIpc) is 2.55. The second-order valence-corrected chi connectivity index (χ2v) is 6.31. The molecule has 1 amide bonds. The summed E-state index contributed by atoms with van der Waals surface area (Å²) in [5.41, 5.74) is 5.90. The normalized spacial score (nSPS) is 10.9. The van der Waals surface area contributed by atoms with Crippen molar-refractivity contribution in [2.24, 2.45) is 0 Å². The average molecular weight is 343 g/mol. The molecule has 1 aromatic heterocycles. The predicted octanol–water partition coefficient (Wildman–Crippen LogP) is 2.88. The van der Waals surface area contributed by atoms with E-state index in [-0.39, 0.29) is 17.1 Å². The first-order valence-electron chi connectivity index (χ1n) is 7.64. The highest BCUT2D eigenvalue weighted by atomic mass is 16.6. The molecule has 1 aromatic carbocycles. The molecule has 0 saturated heterocycles. The van der Waals surface area contributed by atoms with Crippen molar-refractivity contribution in [2.45, 2.75) is 26.4 Å². The summed E-state index contributed by atoms with van der Waals surface area (Å²) in [6, 6.07) is 8.03. The summed E-state index contributed by atoms with van der Waals surface area (Å²) >= 11 is 0. The van der Waals surface area contributed by atoms with Crippen LogP contribution >= 0.6 is 0 Å². The monoisotopic (exact) mass is 343 g/mol. The maximum absolute atomic E-state index is 12.4. The molecule has 0 spiro atoms. The standard InChI is InChI=1S/C18H21N3O4/c1-18(2,3)25-17(23)15-14(13(19)9-10-20-15)21-16(22)11-5-7-12(24-4)8-6-11/h5-10H,1-4H3,(H2,19,20)(H,21,22). The molecule has 3 N–H and O–H groups in total. The molecule has 0 atom stereocenters. The summed E-state index contributed by atoms with van der Waals surface area (Å²) in [6.07, 6.45) is 1.39. The van der Waals surface area contributed by atoms with Gasteiger partial charge in [0.1, 0.15) is 11.4 Å². The Labute approximate surface area is 146 Å². The highest BCUT2D eigenvalue weighted by Gasteiger charge is 2.24. The van der Waals surface area contributed by atoms with Gasteiger partial charge in [-0.05, 0) is 51.1 Å². The van der Waals surface area contributed by atoms with Gasteiger partial charge in [0.25, 0.3) is 5.91 Å². The quantitative estimate of drug-likeness (QED) is 0.827. The van der Waals surface area contributed by atoms with Gasteiger partial charge in [0.2, 0.25) is 0 Å². The van der Waals surface area contributed by atoms with E-state index in [4.69, 9.17) is 15.2 Å². The van der Waals surface area contributed by atoms with Crippen LogP contribution < -0.4 is 15.8 Å². The van der Waals surface area contributed by atoms with Crippen molar-refractivity contribution in [1.29, 1.82) is 0 Å². The minimum absolute atomic E-state index is 0.0446. The van der Waals surface area contributed by atoms with Gasteiger partial charge >= 0.3 is 5.97 Å². The van der Waals surface area contributed by atoms with E-state index in [0.717, 1.165) is 0 Å². The lowest BCUT2D eigenvalue weighted by molar-refractivity contribution is 0.00642. The first kappa shape index (κ1) is 18.3. The number of ether oxygens (including phenoxy) is 2. The SMILES string of the molecule is COc1ccc(C(=O)Nc2c(N)ccnc2C(=O)OC(C)(C)C)cc1. The number of nitrogen functional groups attached to an aromatic ring is 1. The minimum atomic E-state index is -0.694. The smallest absolute Gasteiger partial charge is 0.359 e. The number of anilines is 2. The zero-order valence-corrected chi connectivity index (χ0v) is 14.6. The lowest BCUT2D eigenvalue weighted by atomic mass is 10.1. The Bertz CT molecular complexity index is 780. The number of nitrogens with zero attached hydrogens (tertiary/aromatic N) is 1. The van der Waals surface area contributed by atoms with Crippen LogP contribution in [0, 0.1) is 0 Å². The van der Waals surface area contributed by atoms with Gasteiger partial charge in [0, 0.05) is 11.8 Å². The number of pyridine rings is 1. The van der Waals surface area contributed by atoms with E-state index < -0.39 is 17.5 Å². The molecular weight excluding hydrogens is 322 g/mol. The Morgan fingerprint density at radius 3 is 2.32 bits per heavy atom. The Morgan fingerprint density at radius 1 is 1.12 bits per heavy atom. The number of rotatable bonds is 4. The number of carbonyl (C=O) groups excluding carboxylic acids is 2. The van der Waals surface area contributed by atoms with Crippen molar-refractivity contribution in [3.05, 3.63) is 47.8 Å². The number of esters is 1. The summed E-state index contributed by atoms with van der Waals surface area (Å²) in [5.74, 6) is -0.455. The predicted molar refractivity (Wildman–Crippen MR) is 94.8 cm³/mol. The van der Waals surface area contributed by atoms with E-state index >= 15 is 0 Å². The Morgan fingerprint density at radius 2 is 1.76 bits per heavy atom. The van der Waals surface area contributed by atoms with E-state index in [1.54, 1.807) is 52.1 Å². The first-order chi connectivity index (χ1) is 11.7. The van der Waals surface area contributed by atoms with Gasteiger partial charge in [0.15, 0.2) is 5.69 Å². The maximum atomic E-state index is 12.4. The second kappa shape index (κ2) is 7.21. The van der Waals surface area contributed by atoms with Gasteiger partial charge in [0.05, 0.1) is 18.5 Å². The number of amides is 1.